The van der Waals surface area contributed by atoms with E-state index in [-0.39, 0.29) is 12.2 Å². The van der Waals surface area contributed by atoms with Gasteiger partial charge in [-0.05, 0) is 25.1 Å². The molecule has 1 rings (SSSR count). The highest BCUT2D eigenvalue weighted by Crippen LogP contribution is 2.20. The number of Topliss-reactive ketones (excluding diaryl/α,β-unsaturated/α-hetero) is 1. The summed E-state index contributed by atoms with van der Waals surface area (Å²) in [5.41, 5.74) is 0.767. The number of carbonyl (C=O) groups excluding carboxylic acids is 2. The van der Waals surface area contributed by atoms with Gasteiger partial charge in [0.1, 0.15) is 11.9 Å². The van der Waals surface area contributed by atoms with Crippen LogP contribution in [0.5, 0.6) is 0 Å². The topological polar surface area (TPSA) is 70.0 Å². The zero-order valence-electron chi connectivity index (χ0n) is 8.58. The molecule has 0 aliphatic carbocycles. The Morgan fingerprint density at radius 1 is 1.50 bits per heavy atom. The largest absolute Gasteiger partial charge is 0.324 e. The summed E-state index contributed by atoms with van der Waals surface area (Å²) in [6.07, 6.45) is -0.183. The lowest BCUT2D eigenvalue weighted by Gasteiger charge is -2.06. The number of amides is 1. The lowest BCUT2D eigenvalue weighted by Crippen LogP contribution is -2.15. The highest BCUT2D eigenvalue weighted by atomic mass is 79.9. The molecule has 0 unspecified atom stereocenters. The smallest absolute Gasteiger partial charge is 0.231 e. The molecular formula is C11H9BrN2O2. The van der Waals surface area contributed by atoms with Crippen molar-refractivity contribution in [2.24, 2.45) is 0 Å². The lowest BCUT2D eigenvalue weighted by atomic mass is 10.2. The maximum absolute atomic E-state index is 11.3. The van der Waals surface area contributed by atoms with E-state index in [1.165, 1.54) is 6.92 Å². The number of halogens is 1. The molecule has 0 bridgehead atoms. The Hall–Kier alpha value is -1.67. The molecule has 1 aromatic carbocycles. The van der Waals surface area contributed by atoms with Crippen LogP contribution in [-0.2, 0) is 9.59 Å². The van der Waals surface area contributed by atoms with Gasteiger partial charge in [-0.1, -0.05) is 15.9 Å². The molecule has 0 fully saturated rings. The Balaban J connectivity index is 2.88. The minimum Gasteiger partial charge on any atom is -0.324 e. The average Bonchev–Trinajstić information content (AvgIpc) is 2.16. The number of anilines is 1. The van der Waals surface area contributed by atoms with E-state index in [2.05, 4.69) is 21.2 Å². The lowest BCUT2D eigenvalue weighted by molar-refractivity contribution is -0.124. The summed E-state index contributed by atoms with van der Waals surface area (Å²) in [7, 11) is 0. The SMILES string of the molecule is CC(=O)CC(=O)Nc1cc(Br)ccc1C#N. The van der Waals surface area contributed by atoms with Gasteiger partial charge in [0.25, 0.3) is 0 Å². The summed E-state index contributed by atoms with van der Waals surface area (Å²) in [6, 6.07) is 6.88. The number of hydrogen-bond acceptors (Lipinski definition) is 3. The van der Waals surface area contributed by atoms with Crippen molar-refractivity contribution in [1.29, 1.82) is 5.26 Å². The van der Waals surface area contributed by atoms with Gasteiger partial charge in [-0.2, -0.15) is 5.26 Å². The molecule has 82 valence electrons. The highest BCUT2D eigenvalue weighted by molar-refractivity contribution is 9.10. The second-order valence-corrected chi connectivity index (χ2v) is 4.14. The Morgan fingerprint density at radius 2 is 2.19 bits per heavy atom. The van der Waals surface area contributed by atoms with Crippen molar-refractivity contribution in [1.82, 2.24) is 0 Å². The second-order valence-electron chi connectivity index (χ2n) is 3.23. The number of ketones is 1. The van der Waals surface area contributed by atoms with Crippen LogP contribution in [0.15, 0.2) is 22.7 Å². The minimum atomic E-state index is -0.415. The maximum Gasteiger partial charge on any atom is 0.231 e. The number of hydrogen-bond donors (Lipinski definition) is 1. The summed E-state index contributed by atoms with van der Waals surface area (Å²) in [4.78, 5) is 22.1. The first-order chi connectivity index (χ1) is 7.52. The first kappa shape index (κ1) is 12.4. The van der Waals surface area contributed by atoms with Crippen molar-refractivity contribution in [3.63, 3.8) is 0 Å². The Morgan fingerprint density at radius 3 is 2.75 bits per heavy atom. The van der Waals surface area contributed by atoms with Gasteiger partial charge in [0.2, 0.25) is 5.91 Å². The molecule has 1 N–H and O–H groups in total. The van der Waals surface area contributed by atoms with Gasteiger partial charge >= 0.3 is 0 Å². The van der Waals surface area contributed by atoms with Crippen LogP contribution in [0.4, 0.5) is 5.69 Å². The quantitative estimate of drug-likeness (QED) is 0.864. The third-order valence-corrected chi connectivity index (χ3v) is 2.28. The average molecular weight is 281 g/mol. The summed E-state index contributed by atoms with van der Waals surface area (Å²) < 4.78 is 0.754. The van der Waals surface area contributed by atoms with Crippen molar-refractivity contribution in [3.8, 4) is 6.07 Å². The van der Waals surface area contributed by atoms with Gasteiger partial charge in [-0.3, -0.25) is 9.59 Å². The van der Waals surface area contributed by atoms with E-state index in [0.29, 0.717) is 11.3 Å². The number of benzene rings is 1. The van der Waals surface area contributed by atoms with E-state index in [1.807, 2.05) is 6.07 Å². The van der Waals surface area contributed by atoms with E-state index in [4.69, 9.17) is 5.26 Å². The molecule has 0 saturated carbocycles. The Kier molecular flexibility index (Phi) is 4.20. The number of nitrogens with zero attached hydrogens (tertiary/aromatic N) is 1. The van der Waals surface area contributed by atoms with E-state index in [9.17, 15) is 9.59 Å². The van der Waals surface area contributed by atoms with Gasteiger partial charge in [-0.25, -0.2) is 0 Å². The highest BCUT2D eigenvalue weighted by Gasteiger charge is 2.09. The molecule has 1 aromatic rings. The standard InChI is InChI=1S/C11H9BrN2O2/c1-7(15)4-11(16)14-10-5-9(12)3-2-8(10)6-13/h2-3,5H,4H2,1H3,(H,14,16). The first-order valence-electron chi connectivity index (χ1n) is 4.52. The van der Waals surface area contributed by atoms with Crippen LogP contribution in [0.1, 0.15) is 18.9 Å². The number of nitrogens with one attached hydrogen (secondary N) is 1. The number of rotatable bonds is 3. The molecule has 16 heavy (non-hydrogen) atoms. The van der Waals surface area contributed by atoms with Gasteiger partial charge in [0.15, 0.2) is 0 Å². The second kappa shape index (κ2) is 5.42. The zero-order valence-corrected chi connectivity index (χ0v) is 10.2. The van der Waals surface area contributed by atoms with Crippen LogP contribution in [0.3, 0.4) is 0 Å². The predicted octanol–water partition coefficient (Wildman–Crippen LogP) is 2.24. The summed E-state index contributed by atoms with van der Waals surface area (Å²) in [6.45, 7) is 1.34. The molecular weight excluding hydrogens is 272 g/mol. The maximum atomic E-state index is 11.3. The van der Waals surface area contributed by atoms with Crippen molar-refractivity contribution >= 4 is 33.3 Å². The van der Waals surface area contributed by atoms with Crippen molar-refractivity contribution < 1.29 is 9.59 Å². The first-order valence-corrected chi connectivity index (χ1v) is 5.31. The molecule has 5 heteroatoms. The van der Waals surface area contributed by atoms with E-state index in [1.54, 1.807) is 18.2 Å². The fourth-order valence-corrected chi connectivity index (χ4v) is 1.50. The molecule has 0 atom stereocenters. The molecule has 0 saturated heterocycles. The van der Waals surface area contributed by atoms with Crippen molar-refractivity contribution in [3.05, 3.63) is 28.2 Å². The van der Waals surface area contributed by atoms with Gasteiger partial charge in [-0.15, -0.1) is 0 Å². The van der Waals surface area contributed by atoms with Gasteiger partial charge in [0, 0.05) is 4.47 Å². The normalized spacial score (nSPS) is 9.31. The molecule has 0 aliphatic heterocycles. The van der Waals surface area contributed by atoms with Crippen LogP contribution in [-0.4, -0.2) is 11.7 Å². The summed E-state index contributed by atoms with van der Waals surface area (Å²) in [5, 5.41) is 11.3. The van der Waals surface area contributed by atoms with Crippen LogP contribution < -0.4 is 5.32 Å². The molecule has 0 spiro atoms. The predicted molar refractivity (Wildman–Crippen MR) is 62.8 cm³/mol. The number of nitriles is 1. The zero-order chi connectivity index (χ0) is 12.1. The molecule has 4 nitrogen and oxygen atoms in total. The molecule has 0 heterocycles. The minimum absolute atomic E-state index is 0.183. The van der Waals surface area contributed by atoms with E-state index >= 15 is 0 Å². The monoisotopic (exact) mass is 280 g/mol. The Bertz CT molecular complexity index is 477. The third kappa shape index (κ3) is 3.48. The van der Waals surface area contributed by atoms with Gasteiger partial charge < -0.3 is 5.32 Å². The Labute approximate surface area is 101 Å². The molecule has 1 amide bonds. The fraction of sp³-hybridized carbons (Fsp3) is 0.182. The van der Waals surface area contributed by atoms with E-state index in [0.717, 1.165) is 4.47 Å². The van der Waals surface area contributed by atoms with Crippen LogP contribution >= 0.6 is 15.9 Å². The summed E-state index contributed by atoms with van der Waals surface area (Å²) >= 11 is 3.24. The molecule has 0 aliphatic rings. The van der Waals surface area contributed by atoms with Gasteiger partial charge in [0.05, 0.1) is 17.7 Å². The summed E-state index contributed by atoms with van der Waals surface area (Å²) in [5.74, 6) is -0.631. The fourth-order valence-electron chi connectivity index (χ4n) is 1.14. The van der Waals surface area contributed by atoms with Crippen LogP contribution in [0.25, 0.3) is 0 Å². The van der Waals surface area contributed by atoms with Crippen molar-refractivity contribution in [2.45, 2.75) is 13.3 Å². The van der Waals surface area contributed by atoms with E-state index < -0.39 is 5.91 Å². The number of carbonyl (C=O) groups is 2. The third-order valence-electron chi connectivity index (χ3n) is 1.79. The molecule has 0 radical (unpaired) electrons. The van der Waals surface area contributed by atoms with Crippen molar-refractivity contribution in [2.75, 3.05) is 5.32 Å². The van der Waals surface area contributed by atoms with Crippen LogP contribution in [0, 0.1) is 11.3 Å². The molecule has 0 aromatic heterocycles. The van der Waals surface area contributed by atoms with Crippen LogP contribution in [0.2, 0.25) is 0 Å².